The van der Waals surface area contributed by atoms with Crippen LogP contribution in [0, 0.1) is 11.8 Å². The molecule has 3 atom stereocenters. The molecule has 1 aliphatic heterocycles. The lowest BCUT2D eigenvalue weighted by molar-refractivity contribution is -0.144. The molecule has 1 aliphatic carbocycles. The van der Waals surface area contributed by atoms with Crippen molar-refractivity contribution in [1.29, 1.82) is 0 Å². The molecule has 2 fully saturated rings. The van der Waals surface area contributed by atoms with E-state index in [9.17, 15) is 9.90 Å². The third-order valence-corrected chi connectivity index (χ3v) is 4.93. The van der Waals surface area contributed by atoms with Gasteiger partial charge in [0.2, 0.25) is 0 Å². The summed E-state index contributed by atoms with van der Waals surface area (Å²) in [6.45, 7) is 2.55. The van der Waals surface area contributed by atoms with Gasteiger partial charge in [0, 0.05) is 25.6 Å². The van der Waals surface area contributed by atoms with Gasteiger partial charge in [0.05, 0.1) is 7.11 Å². The average molecular weight is 290 g/mol. The lowest BCUT2D eigenvalue weighted by Gasteiger charge is -2.34. The summed E-state index contributed by atoms with van der Waals surface area (Å²) in [6, 6.07) is 8.03. The largest absolute Gasteiger partial charge is 0.497 e. The Morgan fingerprint density at radius 3 is 2.76 bits per heavy atom. The Morgan fingerprint density at radius 2 is 2.14 bits per heavy atom. The van der Waals surface area contributed by atoms with E-state index >= 15 is 0 Å². The van der Waals surface area contributed by atoms with Crippen molar-refractivity contribution < 1.29 is 14.6 Å². The molecule has 1 saturated carbocycles. The van der Waals surface area contributed by atoms with E-state index in [-0.39, 0.29) is 5.92 Å². The number of piperidine rings is 1. The smallest absolute Gasteiger partial charge is 0.324 e. The molecular formula is C16H22N2O3. The Kier molecular flexibility index (Phi) is 3.63. The quantitative estimate of drug-likeness (QED) is 0.874. The van der Waals surface area contributed by atoms with E-state index in [1.165, 1.54) is 5.56 Å². The van der Waals surface area contributed by atoms with Gasteiger partial charge in [-0.3, -0.25) is 9.69 Å². The Labute approximate surface area is 124 Å². The first-order valence-corrected chi connectivity index (χ1v) is 7.39. The lowest BCUT2D eigenvalue weighted by Crippen LogP contribution is -2.53. The van der Waals surface area contributed by atoms with Crippen LogP contribution in [0.2, 0.25) is 0 Å². The summed E-state index contributed by atoms with van der Waals surface area (Å²) in [5, 5.41) is 9.40. The van der Waals surface area contributed by atoms with Gasteiger partial charge in [-0.1, -0.05) is 12.1 Å². The third kappa shape index (κ3) is 2.63. The minimum Gasteiger partial charge on any atom is -0.497 e. The van der Waals surface area contributed by atoms with Gasteiger partial charge >= 0.3 is 5.97 Å². The van der Waals surface area contributed by atoms with Crippen LogP contribution in [-0.4, -0.2) is 41.7 Å². The summed E-state index contributed by atoms with van der Waals surface area (Å²) >= 11 is 0. The van der Waals surface area contributed by atoms with Crippen molar-refractivity contribution in [2.24, 2.45) is 17.6 Å². The zero-order valence-corrected chi connectivity index (χ0v) is 12.3. The second-order valence-corrected chi connectivity index (χ2v) is 6.39. The minimum absolute atomic E-state index is 0.0620. The predicted octanol–water partition coefficient (Wildman–Crippen LogP) is 1.32. The molecule has 0 aromatic heterocycles. The van der Waals surface area contributed by atoms with E-state index in [1.807, 2.05) is 12.1 Å². The van der Waals surface area contributed by atoms with Crippen LogP contribution in [0.4, 0.5) is 0 Å². The Morgan fingerprint density at radius 1 is 1.43 bits per heavy atom. The second kappa shape index (κ2) is 5.31. The van der Waals surface area contributed by atoms with Crippen molar-refractivity contribution in [2.45, 2.75) is 24.9 Å². The molecule has 1 aromatic rings. The molecule has 0 radical (unpaired) electrons. The molecular weight excluding hydrogens is 268 g/mol. The highest BCUT2D eigenvalue weighted by Gasteiger charge is 2.53. The highest BCUT2D eigenvalue weighted by molar-refractivity contribution is 5.79. The average Bonchev–Trinajstić information content (AvgIpc) is 2.70. The first kappa shape index (κ1) is 14.4. The summed E-state index contributed by atoms with van der Waals surface area (Å²) in [6.07, 6.45) is 1.55. The number of carboxylic acid groups (broad SMARTS) is 1. The number of methoxy groups -OCH3 is 1. The maximum Gasteiger partial charge on any atom is 0.324 e. The zero-order chi connectivity index (χ0) is 15.0. The highest BCUT2D eigenvalue weighted by Crippen LogP contribution is 2.43. The van der Waals surface area contributed by atoms with Gasteiger partial charge in [-0.2, -0.15) is 0 Å². The first-order chi connectivity index (χ1) is 10.0. The van der Waals surface area contributed by atoms with Crippen LogP contribution in [0.15, 0.2) is 24.3 Å². The molecule has 1 aromatic carbocycles. The summed E-state index contributed by atoms with van der Waals surface area (Å²) in [5.74, 6) is 0.473. The van der Waals surface area contributed by atoms with Crippen LogP contribution < -0.4 is 10.5 Å². The minimum atomic E-state index is -1.03. The fourth-order valence-corrected chi connectivity index (χ4v) is 3.85. The number of rotatable bonds is 4. The SMILES string of the molecule is COc1ccc(CN2C[C@@H]3C[C@H](C2)[C@](N)(C(=O)O)C3)cc1. The lowest BCUT2D eigenvalue weighted by atomic mass is 9.87. The Balaban J connectivity index is 1.68. The van der Waals surface area contributed by atoms with Crippen molar-refractivity contribution in [3.8, 4) is 5.75 Å². The fourth-order valence-electron chi connectivity index (χ4n) is 3.85. The first-order valence-electron chi connectivity index (χ1n) is 7.39. The number of nitrogens with two attached hydrogens (primary N) is 1. The van der Waals surface area contributed by atoms with Gasteiger partial charge in [0.1, 0.15) is 11.3 Å². The molecule has 1 saturated heterocycles. The summed E-state index contributed by atoms with van der Waals surface area (Å²) < 4.78 is 5.16. The zero-order valence-electron chi connectivity index (χ0n) is 12.3. The van der Waals surface area contributed by atoms with Crippen LogP contribution in [0.3, 0.4) is 0 Å². The molecule has 2 bridgehead atoms. The number of benzene rings is 1. The number of ether oxygens (including phenoxy) is 1. The van der Waals surface area contributed by atoms with Crippen molar-refractivity contribution in [2.75, 3.05) is 20.2 Å². The summed E-state index contributed by atoms with van der Waals surface area (Å²) in [7, 11) is 1.66. The number of likely N-dealkylation sites (tertiary alicyclic amines) is 1. The number of carboxylic acids is 1. The fraction of sp³-hybridized carbons (Fsp3) is 0.562. The van der Waals surface area contributed by atoms with Gasteiger partial charge in [0.15, 0.2) is 0 Å². The number of hydrogen-bond acceptors (Lipinski definition) is 4. The molecule has 0 spiro atoms. The van der Waals surface area contributed by atoms with Gasteiger partial charge in [-0.15, -0.1) is 0 Å². The molecule has 2 aliphatic rings. The Bertz CT molecular complexity index is 531. The van der Waals surface area contributed by atoms with E-state index in [1.54, 1.807) is 7.11 Å². The molecule has 114 valence electrons. The van der Waals surface area contributed by atoms with Crippen LogP contribution in [0.1, 0.15) is 18.4 Å². The maximum atomic E-state index is 11.4. The van der Waals surface area contributed by atoms with Gasteiger partial charge in [-0.05, 0) is 36.5 Å². The monoisotopic (exact) mass is 290 g/mol. The normalized spacial score (nSPS) is 32.1. The predicted molar refractivity (Wildman–Crippen MR) is 79.0 cm³/mol. The molecule has 3 N–H and O–H groups in total. The van der Waals surface area contributed by atoms with Crippen LogP contribution in [0.25, 0.3) is 0 Å². The van der Waals surface area contributed by atoms with E-state index in [4.69, 9.17) is 10.5 Å². The number of aliphatic carboxylic acids is 1. The second-order valence-electron chi connectivity index (χ2n) is 6.39. The highest BCUT2D eigenvalue weighted by atomic mass is 16.5. The third-order valence-electron chi connectivity index (χ3n) is 4.93. The number of hydrogen-bond donors (Lipinski definition) is 2. The number of carbonyl (C=O) groups is 1. The molecule has 3 rings (SSSR count). The number of fused-ring (bicyclic) bond motifs is 2. The van der Waals surface area contributed by atoms with Gasteiger partial charge in [-0.25, -0.2) is 0 Å². The van der Waals surface area contributed by atoms with Crippen LogP contribution in [-0.2, 0) is 11.3 Å². The van der Waals surface area contributed by atoms with E-state index < -0.39 is 11.5 Å². The van der Waals surface area contributed by atoms with Gasteiger partial charge in [0.25, 0.3) is 0 Å². The molecule has 5 nitrogen and oxygen atoms in total. The molecule has 21 heavy (non-hydrogen) atoms. The van der Waals surface area contributed by atoms with E-state index in [2.05, 4.69) is 17.0 Å². The summed E-state index contributed by atoms with van der Waals surface area (Å²) in [4.78, 5) is 13.8. The van der Waals surface area contributed by atoms with Crippen molar-refractivity contribution >= 4 is 5.97 Å². The summed E-state index contributed by atoms with van der Waals surface area (Å²) in [5.41, 5.74) is 6.33. The molecule has 0 amide bonds. The van der Waals surface area contributed by atoms with E-state index in [0.29, 0.717) is 12.3 Å². The molecule has 1 heterocycles. The number of nitrogens with zero attached hydrogens (tertiary/aromatic N) is 1. The molecule has 0 unspecified atom stereocenters. The topological polar surface area (TPSA) is 75.8 Å². The van der Waals surface area contributed by atoms with E-state index in [0.717, 1.165) is 31.8 Å². The maximum absolute atomic E-state index is 11.4. The van der Waals surface area contributed by atoms with Crippen LogP contribution in [0.5, 0.6) is 5.75 Å². The van der Waals surface area contributed by atoms with Gasteiger partial charge < -0.3 is 15.6 Å². The molecule has 5 heteroatoms. The van der Waals surface area contributed by atoms with Crippen molar-refractivity contribution in [1.82, 2.24) is 4.90 Å². The van der Waals surface area contributed by atoms with Crippen molar-refractivity contribution in [3.05, 3.63) is 29.8 Å². The van der Waals surface area contributed by atoms with Crippen molar-refractivity contribution in [3.63, 3.8) is 0 Å². The Hall–Kier alpha value is -1.59. The van der Waals surface area contributed by atoms with Crippen LogP contribution >= 0.6 is 0 Å². The standard InChI is InChI=1S/C16H22N2O3/c1-21-14-4-2-11(3-5-14)8-18-9-12-6-13(10-18)16(17,7-12)15(19)20/h2-5,12-13H,6-10,17H2,1H3,(H,19,20)/t12-,13-,16+/m1/s1.